The molecule has 1 amide bonds. The van der Waals surface area contributed by atoms with Gasteiger partial charge in [0, 0.05) is 25.1 Å². The number of para-hydroxylation sites is 1. The molecule has 0 saturated carbocycles. The summed E-state index contributed by atoms with van der Waals surface area (Å²) in [7, 11) is 0. The van der Waals surface area contributed by atoms with Crippen LogP contribution in [-0.2, 0) is 19.5 Å². The van der Waals surface area contributed by atoms with E-state index in [-0.39, 0.29) is 17.1 Å². The Balaban J connectivity index is 1.43. The van der Waals surface area contributed by atoms with Crippen molar-refractivity contribution in [3.8, 4) is 0 Å². The van der Waals surface area contributed by atoms with E-state index in [0.29, 0.717) is 40.5 Å². The number of carbonyl (C=O) groups is 1. The van der Waals surface area contributed by atoms with Gasteiger partial charge < -0.3 is 0 Å². The molecule has 9 nitrogen and oxygen atoms in total. The number of hydrogen-bond acceptors (Lipinski definition) is 6. The third-order valence-corrected chi connectivity index (χ3v) is 6.29. The number of aromatic nitrogens is 4. The van der Waals surface area contributed by atoms with Crippen LogP contribution in [0, 0.1) is 0 Å². The minimum absolute atomic E-state index is 0.0562. The van der Waals surface area contributed by atoms with Crippen molar-refractivity contribution in [2.45, 2.75) is 52.1 Å². The highest BCUT2D eigenvalue weighted by Gasteiger charge is 2.16. The summed E-state index contributed by atoms with van der Waals surface area (Å²) >= 11 is 0. The van der Waals surface area contributed by atoms with Crippen molar-refractivity contribution in [1.82, 2.24) is 24.5 Å². The summed E-state index contributed by atoms with van der Waals surface area (Å²) in [6.45, 7) is 2.91. The molecule has 2 aromatic carbocycles. The second-order valence-corrected chi connectivity index (χ2v) is 8.46. The van der Waals surface area contributed by atoms with Crippen LogP contribution in [0.15, 0.2) is 52.1 Å². The Bertz CT molecular complexity index is 1520. The van der Waals surface area contributed by atoms with Crippen molar-refractivity contribution in [3.63, 3.8) is 0 Å². The average Bonchev–Trinajstić information content (AvgIpc) is 2.83. The van der Waals surface area contributed by atoms with Crippen LogP contribution in [0.5, 0.6) is 0 Å². The number of hydrogen-bond donors (Lipinski definition) is 2. The molecule has 2 N–H and O–H groups in total. The third kappa shape index (κ3) is 3.93. The molecule has 0 aliphatic carbocycles. The highest BCUT2D eigenvalue weighted by Crippen LogP contribution is 2.17. The van der Waals surface area contributed by atoms with E-state index in [0.717, 1.165) is 37.9 Å². The van der Waals surface area contributed by atoms with Gasteiger partial charge in [-0.25, -0.2) is 9.97 Å². The van der Waals surface area contributed by atoms with E-state index in [2.05, 4.69) is 15.8 Å². The largest absolute Gasteiger partial charge is 0.296 e. The van der Waals surface area contributed by atoms with E-state index >= 15 is 0 Å². The molecule has 4 aromatic rings. The predicted octanol–water partition coefficient (Wildman–Crippen LogP) is 3.00. The zero-order valence-electron chi connectivity index (χ0n) is 19.0. The van der Waals surface area contributed by atoms with E-state index < -0.39 is 5.91 Å². The van der Waals surface area contributed by atoms with E-state index in [1.807, 2.05) is 6.92 Å². The smallest absolute Gasteiger partial charge is 0.269 e. The minimum Gasteiger partial charge on any atom is -0.296 e. The Labute approximate surface area is 195 Å². The number of carbonyl (C=O) groups excluding carboxylic acids is 1. The maximum atomic E-state index is 13.0. The SMILES string of the molecule is CCn1c(NNC(=O)c2ccc3c(=O)n4c(nc3c2)CCCCCC4)nc2ccccc2c1=O. The van der Waals surface area contributed by atoms with Crippen LogP contribution in [0.3, 0.4) is 0 Å². The molecule has 0 fully saturated rings. The van der Waals surface area contributed by atoms with Crippen LogP contribution in [0.25, 0.3) is 21.8 Å². The zero-order valence-corrected chi connectivity index (χ0v) is 19.0. The molecular weight excluding hydrogens is 432 g/mol. The molecule has 34 heavy (non-hydrogen) atoms. The lowest BCUT2D eigenvalue weighted by molar-refractivity contribution is 0.0962. The molecule has 0 atom stereocenters. The maximum Gasteiger partial charge on any atom is 0.269 e. The van der Waals surface area contributed by atoms with Gasteiger partial charge in [0.05, 0.1) is 21.8 Å². The number of anilines is 1. The monoisotopic (exact) mass is 458 g/mol. The first kappa shape index (κ1) is 21.8. The van der Waals surface area contributed by atoms with Crippen molar-refractivity contribution in [2.75, 3.05) is 5.43 Å². The summed E-state index contributed by atoms with van der Waals surface area (Å²) in [5.74, 6) is 0.610. The lowest BCUT2D eigenvalue weighted by atomic mass is 10.1. The fraction of sp³-hybridized carbons (Fsp3) is 0.320. The van der Waals surface area contributed by atoms with Gasteiger partial charge in [-0.1, -0.05) is 25.0 Å². The van der Waals surface area contributed by atoms with Crippen molar-refractivity contribution >= 4 is 33.7 Å². The zero-order chi connectivity index (χ0) is 23.7. The molecule has 5 rings (SSSR count). The molecule has 3 heterocycles. The molecule has 1 aliphatic rings. The van der Waals surface area contributed by atoms with Crippen LogP contribution in [0.2, 0.25) is 0 Å². The Morgan fingerprint density at radius 3 is 2.59 bits per heavy atom. The Morgan fingerprint density at radius 2 is 1.74 bits per heavy atom. The van der Waals surface area contributed by atoms with Gasteiger partial charge in [-0.2, -0.15) is 0 Å². The Morgan fingerprint density at radius 1 is 0.941 bits per heavy atom. The molecule has 0 saturated heterocycles. The van der Waals surface area contributed by atoms with Crippen molar-refractivity contribution in [3.05, 3.63) is 74.6 Å². The van der Waals surface area contributed by atoms with Gasteiger partial charge in [-0.05, 0) is 50.1 Å². The van der Waals surface area contributed by atoms with Crippen LogP contribution in [-0.4, -0.2) is 25.0 Å². The van der Waals surface area contributed by atoms with Gasteiger partial charge in [-0.15, -0.1) is 0 Å². The first-order chi connectivity index (χ1) is 16.6. The summed E-state index contributed by atoms with van der Waals surface area (Å²) in [5, 5.41) is 1.02. The van der Waals surface area contributed by atoms with Gasteiger partial charge >= 0.3 is 0 Å². The van der Waals surface area contributed by atoms with E-state index in [1.165, 1.54) is 4.57 Å². The number of hydrazine groups is 1. The third-order valence-electron chi connectivity index (χ3n) is 6.29. The maximum absolute atomic E-state index is 13.0. The summed E-state index contributed by atoms with van der Waals surface area (Å²) in [6.07, 6.45) is 4.98. The van der Waals surface area contributed by atoms with Gasteiger partial charge in [0.2, 0.25) is 5.95 Å². The molecule has 2 aromatic heterocycles. The first-order valence-electron chi connectivity index (χ1n) is 11.7. The molecule has 0 bridgehead atoms. The highest BCUT2D eigenvalue weighted by atomic mass is 16.2. The van der Waals surface area contributed by atoms with E-state index in [4.69, 9.17) is 4.98 Å². The molecule has 0 radical (unpaired) electrons. The fourth-order valence-electron chi connectivity index (χ4n) is 4.48. The summed E-state index contributed by atoms with van der Waals surface area (Å²) < 4.78 is 3.24. The molecule has 174 valence electrons. The number of rotatable bonds is 4. The Kier molecular flexibility index (Phi) is 5.83. The van der Waals surface area contributed by atoms with Gasteiger partial charge in [0.25, 0.3) is 17.0 Å². The Hall–Kier alpha value is -4.01. The summed E-state index contributed by atoms with van der Waals surface area (Å²) in [4.78, 5) is 47.9. The number of fused-ring (bicyclic) bond motifs is 3. The van der Waals surface area contributed by atoms with E-state index in [9.17, 15) is 14.4 Å². The van der Waals surface area contributed by atoms with Crippen LogP contribution in [0.1, 0.15) is 48.8 Å². The number of nitrogens with one attached hydrogen (secondary N) is 2. The quantitative estimate of drug-likeness (QED) is 0.455. The molecule has 0 unspecified atom stereocenters. The fourth-order valence-corrected chi connectivity index (χ4v) is 4.48. The van der Waals surface area contributed by atoms with Crippen molar-refractivity contribution in [2.24, 2.45) is 0 Å². The summed E-state index contributed by atoms with van der Waals surface area (Å²) in [6, 6.07) is 12.0. The second-order valence-electron chi connectivity index (χ2n) is 8.46. The normalized spacial score (nSPS) is 13.8. The topological polar surface area (TPSA) is 111 Å². The first-order valence-corrected chi connectivity index (χ1v) is 11.7. The van der Waals surface area contributed by atoms with E-state index in [1.54, 1.807) is 47.0 Å². The van der Waals surface area contributed by atoms with Crippen molar-refractivity contribution < 1.29 is 4.79 Å². The van der Waals surface area contributed by atoms with Gasteiger partial charge in [0.15, 0.2) is 0 Å². The number of benzene rings is 2. The molecule has 1 aliphatic heterocycles. The molecular formula is C25H26N6O3. The number of amides is 1. The summed E-state index contributed by atoms with van der Waals surface area (Å²) in [5.41, 5.74) is 6.58. The van der Waals surface area contributed by atoms with Crippen LogP contribution < -0.4 is 22.0 Å². The highest BCUT2D eigenvalue weighted by molar-refractivity contribution is 5.98. The second kappa shape index (κ2) is 9.09. The van der Waals surface area contributed by atoms with Crippen LogP contribution in [0.4, 0.5) is 5.95 Å². The number of aryl methyl sites for hydroxylation is 1. The lowest BCUT2D eigenvalue weighted by Gasteiger charge is -2.16. The van der Waals surface area contributed by atoms with Crippen molar-refractivity contribution in [1.29, 1.82) is 0 Å². The minimum atomic E-state index is -0.416. The molecule has 9 heteroatoms. The molecule has 0 spiro atoms. The standard InChI is InChI=1S/C25H26N6O3/c1-2-30-23(33)17-9-6-7-10-19(17)27-25(30)29-28-22(32)16-12-13-18-20(15-16)26-21-11-5-3-4-8-14-31(21)24(18)34/h6-7,9-10,12-13,15H,2-5,8,11,14H2,1H3,(H,27,29)(H,28,32). The average molecular weight is 459 g/mol. The van der Waals surface area contributed by atoms with Crippen LogP contribution >= 0.6 is 0 Å². The van der Waals surface area contributed by atoms with Gasteiger partial charge in [-0.3, -0.25) is 34.4 Å². The lowest BCUT2D eigenvalue weighted by Crippen LogP contribution is -2.34. The number of nitrogens with zero attached hydrogens (tertiary/aromatic N) is 4. The van der Waals surface area contributed by atoms with Gasteiger partial charge in [0.1, 0.15) is 5.82 Å². The predicted molar refractivity (Wildman–Crippen MR) is 131 cm³/mol.